The minimum Gasteiger partial charge on any atom is -0.485 e. The summed E-state index contributed by atoms with van der Waals surface area (Å²) in [4.78, 5) is 19.5. The van der Waals surface area contributed by atoms with Gasteiger partial charge in [-0.1, -0.05) is 48.0 Å². The average molecular weight is 351 g/mol. The highest BCUT2D eigenvalue weighted by atomic mass is 79.9. The van der Waals surface area contributed by atoms with Crippen LogP contribution in [0.25, 0.3) is 0 Å². The lowest BCUT2D eigenvalue weighted by Gasteiger charge is -2.11. The molecule has 0 aliphatic rings. The second kappa shape index (κ2) is 6.67. The molecule has 1 heterocycles. The van der Waals surface area contributed by atoms with Gasteiger partial charge in [-0.15, -0.1) is 0 Å². The predicted octanol–water partition coefficient (Wildman–Crippen LogP) is 3.64. The largest absolute Gasteiger partial charge is 0.485 e. The van der Waals surface area contributed by atoms with Crippen LogP contribution in [0.5, 0.6) is 5.75 Å². The highest BCUT2D eigenvalue weighted by Gasteiger charge is 2.17. The van der Waals surface area contributed by atoms with Gasteiger partial charge in [0.15, 0.2) is 11.4 Å². The van der Waals surface area contributed by atoms with Crippen LogP contribution in [0.3, 0.4) is 0 Å². The third-order valence-electron chi connectivity index (χ3n) is 2.83. The van der Waals surface area contributed by atoms with Crippen molar-refractivity contribution in [1.82, 2.24) is 9.97 Å². The van der Waals surface area contributed by atoms with Gasteiger partial charge in [0.25, 0.3) is 0 Å². The summed E-state index contributed by atoms with van der Waals surface area (Å²) >= 11 is 3.42. The van der Waals surface area contributed by atoms with Crippen molar-refractivity contribution in [1.29, 1.82) is 0 Å². The van der Waals surface area contributed by atoms with Gasteiger partial charge in [-0.05, 0) is 6.07 Å². The van der Waals surface area contributed by atoms with Gasteiger partial charge in [0.2, 0.25) is 0 Å². The van der Waals surface area contributed by atoms with Gasteiger partial charge in [0.05, 0.1) is 6.20 Å². The van der Waals surface area contributed by atoms with Crippen LogP contribution in [0.2, 0.25) is 0 Å². The molecular weight excluding hydrogens is 336 g/mol. The molecule has 1 aromatic carbocycles. The van der Waals surface area contributed by atoms with Crippen LogP contribution in [-0.4, -0.2) is 21.0 Å². The van der Waals surface area contributed by atoms with Gasteiger partial charge >= 0.3 is 5.97 Å². The smallest absolute Gasteiger partial charge is 0.358 e. The Bertz CT molecular complexity index is 659. The van der Waals surface area contributed by atoms with Gasteiger partial charge in [-0.2, -0.15) is 0 Å². The Kier molecular flexibility index (Phi) is 4.90. The number of benzene rings is 1. The van der Waals surface area contributed by atoms with Crippen LogP contribution in [0.4, 0.5) is 0 Å². The lowest BCUT2D eigenvalue weighted by Crippen LogP contribution is -2.10. The van der Waals surface area contributed by atoms with Crippen LogP contribution in [-0.2, 0) is 6.61 Å². The van der Waals surface area contributed by atoms with Crippen molar-refractivity contribution in [2.45, 2.75) is 26.4 Å². The van der Waals surface area contributed by atoms with Gasteiger partial charge in [0.1, 0.15) is 12.4 Å². The summed E-state index contributed by atoms with van der Waals surface area (Å²) in [5.41, 5.74) is 0.808. The molecule has 0 aliphatic heterocycles. The molecule has 0 aliphatic carbocycles. The summed E-state index contributed by atoms with van der Waals surface area (Å²) in [5, 5.41) is 9.24. The van der Waals surface area contributed by atoms with E-state index in [0.717, 1.165) is 10.0 Å². The summed E-state index contributed by atoms with van der Waals surface area (Å²) in [6, 6.07) is 7.58. The SMILES string of the molecule is CC(C)c1ncc(OCc2ccccc2Br)c(C(=O)O)n1. The molecule has 1 N–H and O–H groups in total. The molecule has 0 amide bonds. The number of aromatic carboxylic acids is 1. The number of halogens is 1. The zero-order valence-corrected chi connectivity index (χ0v) is 13.3. The number of carbonyl (C=O) groups is 1. The quantitative estimate of drug-likeness (QED) is 0.890. The van der Waals surface area contributed by atoms with Crippen molar-refractivity contribution in [3.63, 3.8) is 0 Å². The zero-order valence-electron chi connectivity index (χ0n) is 11.7. The number of hydrogen-bond acceptors (Lipinski definition) is 4. The molecule has 0 atom stereocenters. The highest BCUT2D eigenvalue weighted by Crippen LogP contribution is 2.22. The molecule has 0 fully saturated rings. The summed E-state index contributed by atoms with van der Waals surface area (Å²) in [6.45, 7) is 4.05. The van der Waals surface area contributed by atoms with E-state index >= 15 is 0 Å². The van der Waals surface area contributed by atoms with E-state index in [1.165, 1.54) is 6.20 Å². The van der Waals surface area contributed by atoms with E-state index in [1.807, 2.05) is 38.1 Å². The van der Waals surface area contributed by atoms with Crippen molar-refractivity contribution < 1.29 is 14.6 Å². The standard InChI is InChI=1S/C15H15BrN2O3/c1-9(2)14-17-7-12(13(18-14)15(19)20)21-8-10-5-3-4-6-11(10)16/h3-7,9H,8H2,1-2H3,(H,19,20). The lowest BCUT2D eigenvalue weighted by molar-refractivity contribution is 0.0684. The molecule has 1 aromatic heterocycles. The highest BCUT2D eigenvalue weighted by molar-refractivity contribution is 9.10. The van der Waals surface area contributed by atoms with E-state index in [0.29, 0.717) is 5.82 Å². The van der Waals surface area contributed by atoms with Gasteiger partial charge in [0, 0.05) is 16.0 Å². The number of carboxylic acids is 1. The Balaban J connectivity index is 2.24. The maximum absolute atomic E-state index is 11.3. The van der Waals surface area contributed by atoms with E-state index in [1.54, 1.807) is 0 Å². The van der Waals surface area contributed by atoms with Crippen LogP contribution in [0.1, 0.15) is 41.6 Å². The second-order valence-electron chi connectivity index (χ2n) is 4.78. The van der Waals surface area contributed by atoms with Gasteiger partial charge in [-0.3, -0.25) is 0 Å². The first-order chi connectivity index (χ1) is 9.99. The third-order valence-corrected chi connectivity index (χ3v) is 3.61. The molecule has 0 radical (unpaired) electrons. The maximum atomic E-state index is 11.3. The fraction of sp³-hybridized carbons (Fsp3) is 0.267. The zero-order chi connectivity index (χ0) is 15.4. The summed E-state index contributed by atoms with van der Waals surface area (Å²) < 4.78 is 6.47. The molecule has 0 bridgehead atoms. The van der Waals surface area contributed by atoms with E-state index in [9.17, 15) is 9.90 Å². The fourth-order valence-corrected chi connectivity index (χ4v) is 2.09. The third kappa shape index (κ3) is 3.78. The second-order valence-corrected chi connectivity index (χ2v) is 5.64. The molecule has 110 valence electrons. The fourth-order valence-electron chi connectivity index (χ4n) is 1.69. The molecule has 0 saturated carbocycles. The number of hydrogen-bond donors (Lipinski definition) is 1. The molecule has 2 rings (SSSR count). The van der Waals surface area contributed by atoms with E-state index in [2.05, 4.69) is 25.9 Å². The number of aromatic nitrogens is 2. The average Bonchev–Trinajstić information content (AvgIpc) is 2.46. The van der Waals surface area contributed by atoms with E-state index < -0.39 is 5.97 Å². The first kappa shape index (κ1) is 15.4. The van der Waals surface area contributed by atoms with Crippen LogP contribution in [0.15, 0.2) is 34.9 Å². The maximum Gasteiger partial charge on any atom is 0.358 e. The number of nitrogens with zero attached hydrogens (tertiary/aromatic N) is 2. The molecule has 6 heteroatoms. The molecule has 0 unspecified atom stereocenters. The van der Waals surface area contributed by atoms with E-state index in [4.69, 9.17) is 4.74 Å². The summed E-state index contributed by atoms with van der Waals surface area (Å²) in [5.74, 6) is -0.412. The van der Waals surface area contributed by atoms with Crippen molar-refractivity contribution >= 4 is 21.9 Å². The summed E-state index contributed by atoms with van der Waals surface area (Å²) in [7, 11) is 0. The lowest BCUT2D eigenvalue weighted by atomic mass is 10.2. The van der Waals surface area contributed by atoms with Crippen molar-refractivity contribution in [3.05, 3.63) is 52.0 Å². The van der Waals surface area contributed by atoms with Gasteiger partial charge < -0.3 is 9.84 Å². The minimum atomic E-state index is -1.12. The normalized spacial score (nSPS) is 10.7. The topological polar surface area (TPSA) is 72.3 Å². The minimum absolute atomic E-state index is 0.0559. The molecule has 21 heavy (non-hydrogen) atoms. The van der Waals surface area contributed by atoms with Gasteiger partial charge in [-0.25, -0.2) is 14.8 Å². The first-order valence-electron chi connectivity index (χ1n) is 6.45. The Labute approximate surface area is 131 Å². The number of rotatable bonds is 5. The molecule has 0 spiro atoms. The van der Waals surface area contributed by atoms with Crippen molar-refractivity contribution in [2.75, 3.05) is 0 Å². The Morgan fingerprint density at radius 1 is 1.38 bits per heavy atom. The Hall–Kier alpha value is -1.95. The molecule has 0 saturated heterocycles. The monoisotopic (exact) mass is 350 g/mol. The first-order valence-corrected chi connectivity index (χ1v) is 7.24. The van der Waals surface area contributed by atoms with Crippen LogP contribution in [0, 0.1) is 0 Å². The Morgan fingerprint density at radius 3 is 2.71 bits per heavy atom. The van der Waals surface area contributed by atoms with Crippen molar-refractivity contribution in [2.24, 2.45) is 0 Å². The number of ether oxygens (including phenoxy) is 1. The Morgan fingerprint density at radius 2 is 2.10 bits per heavy atom. The van der Waals surface area contributed by atoms with Crippen LogP contribution >= 0.6 is 15.9 Å². The summed E-state index contributed by atoms with van der Waals surface area (Å²) in [6.07, 6.45) is 1.42. The van der Waals surface area contributed by atoms with Crippen molar-refractivity contribution in [3.8, 4) is 5.75 Å². The molecular formula is C15H15BrN2O3. The molecule has 2 aromatic rings. The predicted molar refractivity (Wildman–Crippen MR) is 81.6 cm³/mol. The van der Waals surface area contributed by atoms with E-state index in [-0.39, 0.29) is 24.0 Å². The number of carboxylic acid groups (broad SMARTS) is 1. The molecule has 5 nitrogen and oxygen atoms in total. The van der Waals surface area contributed by atoms with Crippen LogP contribution < -0.4 is 4.74 Å².